The summed E-state index contributed by atoms with van der Waals surface area (Å²) in [5.41, 5.74) is 2.69. The standard InChI is InChI=1S/C16H20N2O3/c1-11-10-12(17-16(20)14-4-3-9-21-14)6-7-13(11)18-8-2-5-15(18)19/h6-7,10,14H,2-5,8-9H2,1H3,(H,17,20). The highest BCUT2D eigenvalue weighted by Crippen LogP contribution is 2.27. The van der Waals surface area contributed by atoms with Crippen LogP contribution in [0.15, 0.2) is 18.2 Å². The summed E-state index contributed by atoms with van der Waals surface area (Å²) in [6.45, 7) is 3.40. The molecular formula is C16H20N2O3. The lowest BCUT2D eigenvalue weighted by molar-refractivity contribution is -0.124. The molecule has 0 saturated carbocycles. The maximum absolute atomic E-state index is 12.0. The van der Waals surface area contributed by atoms with Crippen LogP contribution in [-0.2, 0) is 14.3 Å². The molecule has 5 nitrogen and oxygen atoms in total. The smallest absolute Gasteiger partial charge is 0.253 e. The maximum atomic E-state index is 12.0. The molecule has 2 aliphatic rings. The summed E-state index contributed by atoms with van der Waals surface area (Å²) in [6, 6.07) is 5.66. The third-order valence-corrected chi connectivity index (χ3v) is 4.05. The first-order chi connectivity index (χ1) is 10.1. The molecular weight excluding hydrogens is 268 g/mol. The van der Waals surface area contributed by atoms with Gasteiger partial charge in [0.05, 0.1) is 0 Å². The molecule has 2 saturated heterocycles. The van der Waals surface area contributed by atoms with Crippen molar-refractivity contribution in [1.82, 2.24) is 0 Å². The van der Waals surface area contributed by atoms with Crippen LogP contribution >= 0.6 is 0 Å². The van der Waals surface area contributed by atoms with E-state index in [1.807, 2.05) is 30.0 Å². The molecule has 0 aliphatic carbocycles. The van der Waals surface area contributed by atoms with Gasteiger partial charge in [-0.2, -0.15) is 0 Å². The highest BCUT2D eigenvalue weighted by molar-refractivity contribution is 5.97. The summed E-state index contributed by atoms with van der Waals surface area (Å²) < 4.78 is 5.37. The number of benzene rings is 1. The fourth-order valence-corrected chi connectivity index (χ4v) is 2.95. The first kappa shape index (κ1) is 14.1. The molecule has 2 heterocycles. The Bertz CT molecular complexity index is 565. The molecule has 112 valence electrons. The van der Waals surface area contributed by atoms with E-state index in [1.54, 1.807) is 0 Å². The van der Waals surface area contributed by atoms with Gasteiger partial charge in [-0.05, 0) is 49.9 Å². The number of anilines is 2. The first-order valence-corrected chi connectivity index (χ1v) is 7.48. The molecule has 2 amide bonds. The van der Waals surface area contributed by atoms with Crippen LogP contribution in [0.2, 0.25) is 0 Å². The SMILES string of the molecule is Cc1cc(NC(=O)C2CCCO2)ccc1N1CCCC1=O. The predicted molar refractivity (Wildman–Crippen MR) is 80.4 cm³/mol. The monoisotopic (exact) mass is 288 g/mol. The zero-order valence-electron chi connectivity index (χ0n) is 12.2. The van der Waals surface area contributed by atoms with Gasteiger partial charge in [-0.1, -0.05) is 0 Å². The Hall–Kier alpha value is -1.88. The van der Waals surface area contributed by atoms with Gasteiger partial charge >= 0.3 is 0 Å². The topological polar surface area (TPSA) is 58.6 Å². The van der Waals surface area contributed by atoms with E-state index in [-0.39, 0.29) is 17.9 Å². The number of hydrogen-bond acceptors (Lipinski definition) is 3. The molecule has 1 unspecified atom stereocenters. The van der Waals surface area contributed by atoms with Crippen LogP contribution in [0.3, 0.4) is 0 Å². The van der Waals surface area contributed by atoms with Gasteiger partial charge in [-0.25, -0.2) is 0 Å². The molecule has 5 heteroatoms. The summed E-state index contributed by atoms with van der Waals surface area (Å²) in [7, 11) is 0. The van der Waals surface area contributed by atoms with E-state index in [2.05, 4.69) is 5.32 Å². The van der Waals surface area contributed by atoms with Gasteiger partial charge < -0.3 is 15.0 Å². The number of hydrogen-bond donors (Lipinski definition) is 1. The fourth-order valence-electron chi connectivity index (χ4n) is 2.95. The highest BCUT2D eigenvalue weighted by atomic mass is 16.5. The van der Waals surface area contributed by atoms with Gasteiger partial charge in [0.25, 0.3) is 5.91 Å². The third-order valence-electron chi connectivity index (χ3n) is 4.05. The lowest BCUT2D eigenvalue weighted by atomic mass is 10.1. The molecule has 1 aromatic carbocycles. The van der Waals surface area contributed by atoms with E-state index in [9.17, 15) is 9.59 Å². The fraction of sp³-hybridized carbons (Fsp3) is 0.500. The molecule has 21 heavy (non-hydrogen) atoms. The van der Waals surface area contributed by atoms with Crippen molar-refractivity contribution < 1.29 is 14.3 Å². The zero-order valence-corrected chi connectivity index (χ0v) is 12.2. The molecule has 0 bridgehead atoms. The van der Waals surface area contributed by atoms with Crippen molar-refractivity contribution in [2.45, 2.75) is 38.7 Å². The molecule has 1 aromatic rings. The average molecular weight is 288 g/mol. The van der Waals surface area contributed by atoms with Crippen LogP contribution in [0.5, 0.6) is 0 Å². The number of rotatable bonds is 3. The second kappa shape index (κ2) is 5.85. The van der Waals surface area contributed by atoms with Crippen LogP contribution in [0.4, 0.5) is 11.4 Å². The Labute approximate surface area is 124 Å². The zero-order chi connectivity index (χ0) is 14.8. The van der Waals surface area contributed by atoms with Crippen molar-refractivity contribution in [3.8, 4) is 0 Å². The van der Waals surface area contributed by atoms with Crippen molar-refractivity contribution in [2.24, 2.45) is 0 Å². The number of carbonyl (C=O) groups excluding carboxylic acids is 2. The Morgan fingerprint density at radius 2 is 2.24 bits per heavy atom. The van der Waals surface area contributed by atoms with Crippen LogP contribution in [0.1, 0.15) is 31.2 Å². The third kappa shape index (κ3) is 2.93. The van der Waals surface area contributed by atoms with Crippen molar-refractivity contribution in [3.63, 3.8) is 0 Å². The van der Waals surface area contributed by atoms with E-state index in [0.717, 1.165) is 42.7 Å². The van der Waals surface area contributed by atoms with E-state index in [0.29, 0.717) is 13.0 Å². The summed E-state index contributed by atoms with van der Waals surface area (Å²) in [5, 5.41) is 2.89. The molecule has 3 rings (SSSR count). The number of carbonyl (C=O) groups is 2. The highest BCUT2D eigenvalue weighted by Gasteiger charge is 2.25. The molecule has 2 aliphatic heterocycles. The van der Waals surface area contributed by atoms with E-state index in [4.69, 9.17) is 4.74 Å². The molecule has 2 fully saturated rings. The van der Waals surface area contributed by atoms with Gasteiger partial charge in [0.15, 0.2) is 0 Å². The Morgan fingerprint density at radius 3 is 2.86 bits per heavy atom. The second-order valence-electron chi connectivity index (χ2n) is 5.64. The van der Waals surface area contributed by atoms with Crippen molar-refractivity contribution >= 4 is 23.2 Å². The van der Waals surface area contributed by atoms with Gasteiger partial charge in [0.2, 0.25) is 5.91 Å². The van der Waals surface area contributed by atoms with Crippen LogP contribution in [0, 0.1) is 6.92 Å². The van der Waals surface area contributed by atoms with E-state index < -0.39 is 0 Å². The number of amides is 2. The van der Waals surface area contributed by atoms with Crippen LogP contribution < -0.4 is 10.2 Å². The first-order valence-electron chi connectivity index (χ1n) is 7.48. The summed E-state index contributed by atoms with van der Waals surface area (Å²) >= 11 is 0. The van der Waals surface area contributed by atoms with E-state index >= 15 is 0 Å². The lowest BCUT2D eigenvalue weighted by Gasteiger charge is -2.19. The Morgan fingerprint density at radius 1 is 1.38 bits per heavy atom. The van der Waals surface area contributed by atoms with Crippen LogP contribution in [0.25, 0.3) is 0 Å². The predicted octanol–water partition coefficient (Wildman–Crippen LogP) is 2.24. The van der Waals surface area contributed by atoms with Crippen molar-refractivity contribution in [2.75, 3.05) is 23.4 Å². The summed E-state index contributed by atoms with van der Waals surface area (Å²) in [4.78, 5) is 25.6. The largest absolute Gasteiger partial charge is 0.368 e. The molecule has 1 atom stereocenters. The normalized spacial score (nSPS) is 21.9. The second-order valence-corrected chi connectivity index (χ2v) is 5.64. The van der Waals surface area contributed by atoms with Crippen LogP contribution in [-0.4, -0.2) is 31.1 Å². The minimum Gasteiger partial charge on any atom is -0.368 e. The molecule has 0 aromatic heterocycles. The van der Waals surface area contributed by atoms with Crippen molar-refractivity contribution in [3.05, 3.63) is 23.8 Å². The average Bonchev–Trinajstić information content (AvgIpc) is 3.10. The Balaban J connectivity index is 1.71. The number of nitrogens with zero attached hydrogens (tertiary/aromatic N) is 1. The van der Waals surface area contributed by atoms with Gasteiger partial charge in [-0.15, -0.1) is 0 Å². The number of nitrogens with one attached hydrogen (secondary N) is 1. The minimum atomic E-state index is -0.329. The minimum absolute atomic E-state index is 0.0862. The summed E-state index contributed by atoms with van der Waals surface area (Å²) in [6.07, 6.45) is 2.93. The number of ether oxygens (including phenoxy) is 1. The molecule has 0 spiro atoms. The van der Waals surface area contributed by atoms with Gasteiger partial charge in [0, 0.05) is 30.9 Å². The quantitative estimate of drug-likeness (QED) is 0.928. The molecule has 1 N–H and O–H groups in total. The van der Waals surface area contributed by atoms with Gasteiger partial charge in [0.1, 0.15) is 6.10 Å². The van der Waals surface area contributed by atoms with E-state index in [1.165, 1.54) is 0 Å². The summed E-state index contributed by atoms with van der Waals surface area (Å²) in [5.74, 6) is 0.0890. The van der Waals surface area contributed by atoms with Gasteiger partial charge in [-0.3, -0.25) is 9.59 Å². The number of aryl methyl sites for hydroxylation is 1. The van der Waals surface area contributed by atoms with Crippen molar-refractivity contribution in [1.29, 1.82) is 0 Å². The lowest BCUT2D eigenvalue weighted by Crippen LogP contribution is -2.27. The Kier molecular flexibility index (Phi) is 3.92. The molecule has 0 radical (unpaired) electrons. The maximum Gasteiger partial charge on any atom is 0.253 e.